The monoisotopic (exact) mass is 368 g/mol. The maximum Gasteiger partial charge on any atom is 0.357 e. The Labute approximate surface area is 146 Å². The van der Waals surface area contributed by atoms with Gasteiger partial charge < -0.3 is 9.64 Å². The Hall–Kier alpha value is -1.69. The zero-order chi connectivity index (χ0) is 16.4. The first-order valence-electron chi connectivity index (χ1n) is 7.10. The van der Waals surface area contributed by atoms with Crippen molar-refractivity contribution in [3.8, 4) is 6.07 Å². The molecule has 3 rings (SSSR count). The Kier molecular flexibility index (Phi) is 4.80. The second-order valence-corrected chi connectivity index (χ2v) is 6.91. The molecular weight excluding hydrogens is 356 g/mol. The van der Waals surface area contributed by atoms with Gasteiger partial charge in [0, 0.05) is 11.9 Å². The van der Waals surface area contributed by atoms with Crippen LogP contribution in [0.2, 0.25) is 5.15 Å². The number of hydrogen-bond donors (Lipinski definition) is 0. The number of anilines is 1. The highest BCUT2D eigenvalue weighted by Gasteiger charge is 2.32. The minimum Gasteiger partial charge on any atom is -0.461 e. The predicted octanol–water partition coefficient (Wildman–Crippen LogP) is 3.64. The summed E-state index contributed by atoms with van der Waals surface area (Å²) < 4.78 is 9.05. The third-order valence-electron chi connectivity index (χ3n) is 3.55. The van der Waals surface area contributed by atoms with Crippen LogP contribution in [0, 0.1) is 11.3 Å². The highest BCUT2D eigenvalue weighted by Crippen LogP contribution is 2.42. The first kappa shape index (κ1) is 16.2. The van der Waals surface area contributed by atoms with Crippen LogP contribution in [-0.4, -0.2) is 28.5 Å². The lowest BCUT2D eigenvalue weighted by Gasteiger charge is -2.23. The lowest BCUT2D eigenvalue weighted by molar-refractivity contribution is 0.0520. The molecule has 0 N–H and O–H groups in total. The molecule has 1 fully saturated rings. The number of hydrogen-bond acceptors (Lipinski definition) is 8. The fourth-order valence-corrected chi connectivity index (χ4v) is 4.60. The maximum atomic E-state index is 11.8. The second kappa shape index (κ2) is 6.83. The van der Waals surface area contributed by atoms with Gasteiger partial charge in [-0.15, -0.1) is 11.3 Å². The predicted molar refractivity (Wildman–Crippen MR) is 89.2 cm³/mol. The largest absolute Gasteiger partial charge is 0.461 e. The number of nitrogens with zero attached hydrogens (tertiary/aromatic N) is 4. The summed E-state index contributed by atoms with van der Waals surface area (Å²) in [6, 6.07) is 2.15. The van der Waals surface area contributed by atoms with Crippen LogP contribution in [-0.2, 0) is 4.74 Å². The van der Waals surface area contributed by atoms with E-state index in [9.17, 15) is 10.1 Å². The molecule has 0 saturated carbocycles. The van der Waals surface area contributed by atoms with Crippen molar-refractivity contribution in [1.29, 1.82) is 5.26 Å². The van der Waals surface area contributed by atoms with Gasteiger partial charge in [-0.2, -0.15) is 9.64 Å². The minimum atomic E-state index is -0.405. The number of aromatic nitrogens is 2. The number of esters is 1. The number of ether oxygens (including phenoxy) is 1. The normalized spacial score (nSPS) is 17.3. The van der Waals surface area contributed by atoms with Crippen molar-refractivity contribution < 1.29 is 9.53 Å². The summed E-state index contributed by atoms with van der Waals surface area (Å²) in [7, 11) is 0. The van der Waals surface area contributed by atoms with Crippen LogP contribution >= 0.6 is 34.5 Å². The summed E-state index contributed by atoms with van der Waals surface area (Å²) in [6.07, 6.45) is 1.90. The lowest BCUT2D eigenvalue weighted by atomic mass is 10.2. The van der Waals surface area contributed by atoms with Crippen LogP contribution in [0.3, 0.4) is 0 Å². The fraction of sp³-hybridized carbons (Fsp3) is 0.429. The van der Waals surface area contributed by atoms with E-state index in [2.05, 4.69) is 20.3 Å². The molecule has 0 radical (unpaired) electrons. The molecule has 0 aromatic carbocycles. The van der Waals surface area contributed by atoms with E-state index in [0.717, 1.165) is 29.4 Å². The zero-order valence-corrected chi connectivity index (χ0v) is 14.7. The van der Waals surface area contributed by atoms with Crippen LogP contribution in [0.4, 0.5) is 5.00 Å². The molecule has 0 aliphatic carbocycles. The first-order valence-corrected chi connectivity index (χ1v) is 9.13. The smallest absolute Gasteiger partial charge is 0.357 e. The summed E-state index contributed by atoms with van der Waals surface area (Å²) in [6.45, 7) is 2.90. The average molecular weight is 369 g/mol. The van der Waals surface area contributed by atoms with Gasteiger partial charge in [0.2, 0.25) is 0 Å². The molecule has 3 heterocycles. The quantitative estimate of drug-likeness (QED) is 0.766. The van der Waals surface area contributed by atoms with E-state index in [-0.39, 0.29) is 11.2 Å². The summed E-state index contributed by atoms with van der Waals surface area (Å²) in [5.41, 5.74) is 0.743. The first-order chi connectivity index (χ1) is 11.2. The van der Waals surface area contributed by atoms with Gasteiger partial charge in [-0.05, 0) is 31.3 Å². The molecule has 1 saturated heterocycles. The number of thiazole rings is 1. The van der Waals surface area contributed by atoms with Gasteiger partial charge in [-0.3, -0.25) is 0 Å². The number of halogens is 1. The van der Waals surface area contributed by atoms with Crippen molar-refractivity contribution in [2.75, 3.05) is 18.1 Å². The molecule has 120 valence electrons. The second-order valence-electron chi connectivity index (χ2n) is 4.91. The van der Waals surface area contributed by atoms with E-state index in [4.69, 9.17) is 16.3 Å². The van der Waals surface area contributed by atoms with Gasteiger partial charge >= 0.3 is 5.97 Å². The minimum absolute atomic E-state index is 0.0341. The van der Waals surface area contributed by atoms with Crippen LogP contribution < -0.4 is 4.90 Å². The molecule has 1 atom stereocenters. The van der Waals surface area contributed by atoms with Crippen molar-refractivity contribution in [2.45, 2.75) is 25.8 Å². The Morgan fingerprint density at radius 1 is 1.65 bits per heavy atom. The van der Waals surface area contributed by atoms with E-state index in [1.54, 1.807) is 12.3 Å². The van der Waals surface area contributed by atoms with Crippen LogP contribution in [0.15, 0.2) is 5.38 Å². The van der Waals surface area contributed by atoms with Crippen LogP contribution in [0.5, 0.6) is 0 Å². The van der Waals surface area contributed by atoms with E-state index < -0.39 is 5.97 Å². The molecule has 1 aliphatic heterocycles. The van der Waals surface area contributed by atoms with Crippen molar-refractivity contribution in [2.24, 2.45) is 0 Å². The zero-order valence-electron chi connectivity index (χ0n) is 12.3. The van der Waals surface area contributed by atoms with E-state index >= 15 is 0 Å². The van der Waals surface area contributed by atoms with Gasteiger partial charge in [0.25, 0.3) is 0 Å². The van der Waals surface area contributed by atoms with Crippen molar-refractivity contribution in [1.82, 2.24) is 9.36 Å². The van der Waals surface area contributed by atoms with Gasteiger partial charge in [-0.1, -0.05) is 11.6 Å². The molecule has 1 unspecified atom stereocenters. The van der Waals surface area contributed by atoms with Crippen LogP contribution in [0.25, 0.3) is 0 Å². The lowest BCUT2D eigenvalue weighted by Crippen LogP contribution is -2.22. The Morgan fingerprint density at radius 2 is 2.48 bits per heavy atom. The highest BCUT2D eigenvalue weighted by molar-refractivity contribution is 7.11. The number of rotatable bonds is 4. The van der Waals surface area contributed by atoms with E-state index in [0.29, 0.717) is 17.9 Å². The Bertz CT molecular complexity index is 767. The molecule has 2 aromatic rings. The third-order valence-corrected chi connectivity index (χ3v) is 5.75. The average Bonchev–Trinajstić information content (AvgIpc) is 3.25. The standard InChI is InChI=1S/C14H13ClN4O2S2/c1-2-21-14(20)9-7-22-12(17-9)10-4-3-5-19(10)13-8(6-16)11(15)18-23-13/h7,10H,2-5H2,1H3. The van der Waals surface area contributed by atoms with Gasteiger partial charge in [0.05, 0.1) is 12.6 Å². The summed E-state index contributed by atoms with van der Waals surface area (Å²) in [5, 5.41) is 12.8. The Morgan fingerprint density at radius 3 is 3.22 bits per heavy atom. The molecule has 2 aromatic heterocycles. The number of nitriles is 1. The highest BCUT2D eigenvalue weighted by atomic mass is 35.5. The Balaban J connectivity index is 1.88. The summed E-state index contributed by atoms with van der Waals surface area (Å²) in [5.74, 6) is -0.405. The molecule has 1 aliphatic rings. The summed E-state index contributed by atoms with van der Waals surface area (Å²) >= 11 is 8.63. The topological polar surface area (TPSA) is 79.1 Å². The van der Waals surface area contributed by atoms with E-state index in [1.807, 2.05) is 0 Å². The SMILES string of the molecule is CCOC(=O)c1csc(C2CCCN2c2snc(Cl)c2C#N)n1. The van der Waals surface area contributed by atoms with Crippen molar-refractivity contribution in [3.05, 3.63) is 26.8 Å². The molecule has 6 nitrogen and oxygen atoms in total. The molecule has 23 heavy (non-hydrogen) atoms. The van der Waals surface area contributed by atoms with Gasteiger partial charge in [-0.25, -0.2) is 9.78 Å². The molecular formula is C14H13ClN4O2S2. The number of carbonyl (C=O) groups is 1. The van der Waals surface area contributed by atoms with Gasteiger partial charge in [0.1, 0.15) is 21.6 Å². The molecule has 0 bridgehead atoms. The number of carbonyl (C=O) groups excluding carboxylic acids is 1. The fourth-order valence-electron chi connectivity index (χ4n) is 2.56. The van der Waals surface area contributed by atoms with E-state index in [1.165, 1.54) is 22.9 Å². The maximum absolute atomic E-state index is 11.8. The molecule has 0 amide bonds. The van der Waals surface area contributed by atoms with Crippen LogP contribution in [0.1, 0.15) is 46.9 Å². The molecule has 0 spiro atoms. The molecule has 9 heteroatoms. The summed E-state index contributed by atoms with van der Waals surface area (Å²) in [4.78, 5) is 18.3. The third kappa shape index (κ3) is 3.04. The van der Waals surface area contributed by atoms with Crippen molar-refractivity contribution >= 4 is 45.4 Å². The van der Waals surface area contributed by atoms with Crippen molar-refractivity contribution in [3.63, 3.8) is 0 Å². The van der Waals surface area contributed by atoms with Gasteiger partial charge in [0.15, 0.2) is 10.8 Å².